The van der Waals surface area contributed by atoms with Crippen LogP contribution in [0.15, 0.2) is 29.3 Å². The highest BCUT2D eigenvalue weighted by molar-refractivity contribution is 5.79. The zero-order valence-corrected chi connectivity index (χ0v) is 20.0. The first-order chi connectivity index (χ1) is 15.5. The van der Waals surface area contributed by atoms with Gasteiger partial charge < -0.3 is 21.3 Å². The zero-order valence-electron chi connectivity index (χ0n) is 20.0. The van der Waals surface area contributed by atoms with Crippen LogP contribution in [-0.4, -0.2) is 68.0 Å². The van der Waals surface area contributed by atoms with Crippen molar-refractivity contribution in [2.45, 2.75) is 52.1 Å². The Hall–Kier alpha value is -2.12. The molecule has 2 fully saturated rings. The second-order valence-electron chi connectivity index (χ2n) is 9.53. The number of nitrogens with zero attached hydrogens (tertiary/aromatic N) is 3. The highest BCUT2D eigenvalue weighted by Crippen LogP contribution is 2.19. The molecule has 0 aromatic heterocycles. The van der Waals surface area contributed by atoms with E-state index in [4.69, 9.17) is 5.73 Å². The van der Waals surface area contributed by atoms with Crippen molar-refractivity contribution in [3.05, 3.63) is 35.4 Å². The van der Waals surface area contributed by atoms with E-state index in [9.17, 15) is 4.79 Å². The number of carbonyl (C=O) groups is 1. The van der Waals surface area contributed by atoms with Gasteiger partial charge in [0.25, 0.3) is 0 Å². The largest absolute Gasteiger partial charge is 0.369 e. The van der Waals surface area contributed by atoms with E-state index in [1.54, 1.807) is 0 Å². The predicted octanol–water partition coefficient (Wildman–Crippen LogP) is 2.17. The van der Waals surface area contributed by atoms with Crippen LogP contribution in [0.2, 0.25) is 0 Å². The van der Waals surface area contributed by atoms with Crippen LogP contribution in [0.25, 0.3) is 0 Å². The molecule has 0 radical (unpaired) electrons. The van der Waals surface area contributed by atoms with Crippen LogP contribution in [0.1, 0.15) is 50.2 Å². The lowest BCUT2D eigenvalue weighted by atomic mass is 9.97. The number of amides is 1. The summed E-state index contributed by atoms with van der Waals surface area (Å²) < 4.78 is 0. The number of nitrogens with one attached hydrogen (secondary N) is 2. The molecule has 2 saturated heterocycles. The number of aliphatic imine (C=N–C) groups is 1. The summed E-state index contributed by atoms with van der Waals surface area (Å²) >= 11 is 0. The summed E-state index contributed by atoms with van der Waals surface area (Å²) in [5.41, 5.74) is 8.03. The Balaban J connectivity index is 1.38. The molecule has 1 amide bonds. The number of hydrogen-bond donors (Lipinski definition) is 3. The minimum Gasteiger partial charge on any atom is -0.369 e. The van der Waals surface area contributed by atoms with Gasteiger partial charge in [-0.1, -0.05) is 31.2 Å². The Kier molecular flexibility index (Phi) is 9.81. The minimum atomic E-state index is -0.169. The van der Waals surface area contributed by atoms with Gasteiger partial charge in [0.1, 0.15) is 0 Å². The summed E-state index contributed by atoms with van der Waals surface area (Å²) in [6.45, 7) is 10.3. The van der Waals surface area contributed by atoms with Crippen LogP contribution in [0, 0.1) is 11.8 Å². The molecular weight excluding hydrogens is 400 g/mol. The van der Waals surface area contributed by atoms with Crippen LogP contribution >= 0.6 is 0 Å². The van der Waals surface area contributed by atoms with Crippen molar-refractivity contribution in [3.8, 4) is 0 Å². The van der Waals surface area contributed by atoms with Gasteiger partial charge in [-0.2, -0.15) is 0 Å². The summed E-state index contributed by atoms with van der Waals surface area (Å²) in [6, 6.07) is 8.65. The molecule has 4 N–H and O–H groups in total. The fourth-order valence-electron chi connectivity index (χ4n) is 4.73. The number of carbonyl (C=O) groups excluding carboxylic acids is 1. The smallest absolute Gasteiger partial charge is 0.221 e. The zero-order chi connectivity index (χ0) is 22.8. The maximum atomic E-state index is 11.5. The van der Waals surface area contributed by atoms with E-state index in [-0.39, 0.29) is 11.8 Å². The summed E-state index contributed by atoms with van der Waals surface area (Å²) in [5.74, 6) is 1.55. The normalized spacial score (nSPS) is 21.4. The summed E-state index contributed by atoms with van der Waals surface area (Å²) in [5, 5.41) is 6.88. The Labute approximate surface area is 193 Å². The monoisotopic (exact) mass is 442 g/mol. The molecule has 2 heterocycles. The second kappa shape index (κ2) is 12.8. The SMILES string of the molecule is CN=C(NCCCN1CCC(C)CC1)NCc1cccc(CN2CCCC(C(N)=O)C2)c1. The summed E-state index contributed by atoms with van der Waals surface area (Å²) in [7, 11) is 1.82. The molecule has 0 aliphatic carbocycles. The van der Waals surface area contributed by atoms with E-state index >= 15 is 0 Å². The number of primary amides is 1. The highest BCUT2D eigenvalue weighted by Gasteiger charge is 2.23. The molecule has 7 heteroatoms. The second-order valence-corrected chi connectivity index (χ2v) is 9.53. The molecule has 0 bridgehead atoms. The predicted molar refractivity (Wildman–Crippen MR) is 131 cm³/mol. The lowest BCUT2D eigenvalue weighted by Gasteiger charge is -2.31. The van der Waals surface area contributed by atoms with Gasteiger partial charge in [-0.3, -0.25) is 14.7 Å². The summed E-state index contributed by atoms with van der Waals surface area (Å²) in [6.07, 6.45) is 5.75. The molecule has 1 atom stereocenters. The molecule has 2 aliphatic rings. The highest BCUT2D eigenvalue weighted by atomic mass is 16.1. The van der Waals surface area contributed by atoms with Crippen LogP contribution in [0.3, 0.4) is 0 Å². The molecule has 178 valence electrons. The van der Waals surface area contributed by atoms with Gasteiger partial charge >= 0.3 is 0 Å². The Morgan fingerprint density at radius 1 is 1.12 bits per heavy atom. The maximum absolute atomic E-state index is 11.5. The average molecular weight is 443 g/mol. The van der Waals surface area contributed by atoms with Crippen LogP contribution in [-0.2, 0) is 17.9 Å². The molecule has 0 saturated carbocycles. The van der Waals surface area contributed by atoms with Gasteiger partial charge in [0.05, 0.1) is 5.92 Å². The molecule has 3 rings (SSSR count). The Bertz CT molecular complexity index is 744. The van der Waals surface area contributed by atoms with Crippen molar-refractivity contribution in [2.75, 3.05) is 46.3 Å². The number of rotatable bonds is 9. The van der Waals surface area contributed by atoms with Crippen molar-refractivity contribution in [1.29, 1.82) is 0 Å². The summed E-state index contributed by atoms with van der Waals surface area (Å²) in [4.78, 5) is 20.8. The number of piperidine rings is 2. The van der Waals surface area contributed by atoms with Gasteiger partial charge in [0, 0.05) is 33.2 Å². The van der Waals surface area contributed by atoms with Crippen LogP contribution in [0.5, 0.6) is 0 Å². The third-order valence-corrected chi connectivity index (χ3v) is 6.81. The van der Waals surface area contributed by atoms with E-state index in [0.717, 1.165) is 70.4 Å². The molecule has 32 heavy (non-hydrogen) atoms. The standard InChI is InChI=1S/C25H42N6O/c1-20-9-14-30(15-10-20)13-5-11-28-25(27-2)29-17-21-6-3-7-22(16-21)18-31-12-4-8-23(19-31)24(26)32/h3,6-7,16,20,23H,4-5,8-15,17-19H2,1-2H3,(H2,26,32)(H2,27,28,29). The van der Waals surface area contributed by atoms with E-state index < -0.39 is 0 Å². The number of guanidine groups is 1. The molecule has 1 unspecified atom stereocenters. The lowest BCUT2D eigenvalue weighted by Crippen LogP contribution is -2.40. The number of likely N-dealkylation sites (tertiary alicyclic amines) is 2. The molecule has 1 aromatic rings. The Morgan fingerprint density at radius 3 is 2.66 bits per heavy atom. The van der Waals surface area contributed by atoms with Gasteiger partial charge in [-0.05, 0) is 75.3 Å². The Morgan fingerprint density at radius 2 is 1.91 bits per heavy atom. The van der Waals surface area contributed by atoms with Crippen molar-refractivity contribution in [3.63, 3.8) is 0 Å². The van der Waals surface area contributed by atoms with Gasteiger partial charge in [0.2, 0.25) is 5.91 Å². The third kappa shape index (κ3) is 8.10. The molecule has 2 aliphatic heterocycles. The first-order valence-electron chi connectivity index (χ1n) is 12.3. The maximum Gasteiger partial charge on any atom is 0.221 e. The molecular formula is C25H42N6O. The first-order valence-corrected chi connectivity index (χ1v) is 12.3. The van der Waals surface area contributed by atoms with Gasteiger partial charge in [-0.25, -0.2) is 0 Å². The number of hydrogen-bond acceptors (Lipinski definition) is 4. The quantitative estimate of drug-likeness (QED) is 0.310. The molecule has 0 spiro atoms. The van der Waals surface area contributed by atoms with Gasteiger partial charge in [0.15, 0.2) is 5.96 Å². The van der Waals surface area contributed by atoms with Crippen LogP contribution < -0.4 is 16.4 Å². The van der Waals surface area contributed by atoms with E-state index in [1.807, 2.05) is 7.05 Å². The molecule has 7 nitrogen and oxygen atoms in total. The number of benzene rings is 1. The lowest BCUT2D eigenvalue weighted by molar-refractivity contribution is -0.123. The fraction of sp³-hybridized carbons (Fsp3) is 0.680. The van der Waals surface area contributed by atoms with E-state index in [2.05, 4.69) is 56.6 Å². The number of nitrogens with two attached hydrogens (primary N) is 1. The van der Waals surface area contributed by atoms with Crippen molar-refractivity contribution < 1.29 is 4.79 Å². The minimum absolute atomic E-state index is 0.0125. The average Bonchev–Trinajstić information content (AvgIpc) is 2.80. The van der Waals surface area contributed by atoms with E-state index in [0.29, 0.717) is 0 Å². The van der Waals surface area contributed by atoms with Crippen molar-refractivity contribution in [2.24, 2.45) is 22.6 Å². The van der Waals surface area contributed by atoms with Crippen molar-refractivity contribution >= 4 is 11.9 Å². The topological polar surface area (TPSA) is 86.0 Å². The van der Waals surface area contributed by atoms with Gasteiger partial charge in [-0.15, -0.1) is 0 Å². The van der Waals surface area contributed by atoms with Crippen molar-refractivity contribution in [1.82, 2.24) is 20.4 Å². The van der Waals surface area contributed by atoms with Crippen LogP contribution in [0.4, 0.5) is 0 Å². The fourth-order valence-corrected chi connectivity index (χ4v) is 4.73. The van der Waals surface area contributed by atoms with E-state index in [1.165, 1.54) is 37.1 Å². The third-order valence-electron chi connectivity index (χ3n) is 6.81. The first kappa shape index (κ1) is 24.5. The molecule has 1 aromatic carbocycles.